The predicted octanol–water partition coefficient (Wildman–Crippen LogP) is 1.79. The molecule has 15 heavy (non-hydrogen) atoms. The number of nitrogens with zero attached hydrogens (tertiary/aromatic N) is 2. The lowest BCUT2D eigenvalue weighted by molar-refractivity contribution is 0.349. The molecule has 2 saturated carbocycles. The second kappa shape index (κ2) is 3.30. The van der Waals surface area contributed by atoms with Crippen molar-refractivity contribution in [2.24, 2.45) is 11.7 Å². The molecule has 82 valence electrons. The summed E-state index contributed by atoms with van der Waals surface area (Å²) < 4.78 is 5.33. The van der Waals surface area contributed by atoms with Gasteiger partial charge in [-0.25, -0.2) is 0 Å². The second-order valence-electron chi connectivity index (χ2n) is 5.08. The van der Waals surface area contributed by atoms with Gasteiger partial charge in [-0.2, -0.15) is 4.98 Å². The molecule has 4 nitrogen and oxygen atoms in total. The van der Waals surface area contributed by atoms with E-state index in [9.17, 15) is 0 Å². The molecular formula is C11H17N3O. The van der Waals surface area contributed by atoms with Crippen molar-refractivity contribution in [3.05, 3.63) is 11.7 Å². The molecule has 0 amide bonds. The van der Waals surface area contributed by atoms with Crippen LogP contribution in [-0.4, -0.2) is 16.2 Å². The van der Waals surface area contributed by atoms with Crippen molar-refractivity contribution >= 4 is 0 Å². The Balaban J connectivity index is 1.73. The van der Waals surface area contributed by atoms with Crippen molar-refractivity contribution in [1.82, 2.24) is 10.1 Å². The third-order valence-electron chi connectivity index (χ3n) is 3.72. The quantitative estimate of drug-likeness (QED) is 0.803. The van der Waals surface area contributed by atoms with Crippen molar-refractivity contribution < 1.29 is 4.52 Å². The lowest BCUT2D eigenvalue weighted by Gasteiger charge is -2.01. The van der Waals surface area contributed by atoms with E-state index in [1.165, 1.54) is 6.42 Å². The summed E-state index contributed by atoms with van der Waals surface area (Å²) in [7, 11) is 0. The standard InChI is InChI=1S/C11H17N3O/c1-6-4-9(6)10-13-11(15-14-10)7-2-3-8(12)5-7/h6-9H,2-5,12H2,1H3/t6?,7-,8+,9?/m1/s1. The van der Waals surface area contributed by atoms with Crippen LogP contribution >= 0.6 is 0 Å². The Kier molecular flexibility index (Phi) is 2.06. The van der Waals surface area contributed by atoms with Gasteiger partial charge in [0.15, 0.2) is 5.82 Å². The Labute approximate surface area is 89.2 Å². The zero-order chi connectivity index (χ0) is 10.4. The molecule has 0 aromatic carbocycles. The molecule has 4 heteroatoms. The average molecular weight is 207 g/mol. The summed E-state index contributed by atoms with van der Waals surface area (Å²) in [6.45, 7) is 2.23. The van der Waals surface area contributed by atoms with Crippen molar-refractivity contribution in [3.8, 4) is 0 Å². The van der Waals surface area contributed by atoms with Gasteiger partial charge in [0, 0.05) is 17.9 Å². The van der Waals surface area contributed by atoms with Gasteiger partial charge >= 0.3 is 0 Å². The summed E-state index contributed by atoms with van der Waals surface area (Å²) in [6, 6.07) is 0.324. The summed E-state index contributed by atoms with van der Waals surface area (Å²) in [5.41, 5.74) is 5.87. The van der Waals surface area contributed by atoms with E-state index in [1.54, 1.807) is 0 Å². The van der Waals surface area contributed by atoms with Gasteiger partial charge in [0.1, 0.15) is 0 Å². The molecular weight excluding hydrogens is 190 g/mol. The summed E-state index contributed by atoms with van der Waals surface area (Å²) in [4.78, 5) is 4.51. The lowest BCUT2D eigenvalue weighted by atomic mass is 10.1. The number of aromatic nitrogens is 2. The highest BCUT2D eigenvalue weighted by Gasteiger charge is 2.39. The Bertz CT molecular complexity index is 362. The van der Waals surface area contributed by atoms with Crippen LogP contribution in [0.2, 0.25) is 0 Å². The Morgan fingerprint density at radius 1 is 1.33 bits per heavy atom. The summed E-state index contributed by atoms with van der Waals surface area (Å²) >= 11 is 0. The third kappa shape index (κ3) is 1.67. The zero-order valence-corrected chi connectivity index (χ0v) is 9.02. The first kappa shape index (κ1) is 9.33. The van der Waals surface area contributed by atoms with Crippen molar-refractivity contribution in [3.63, 3.8) is 0 Å². The van der Waals surface area contributed by atoms with E-state index in [4.69, 9.17) is 10.3 Å². The van der Waals surface area contributed by atoms with Crippen LogP contribution < -0.4 is 5.73 Å². The molecule has 4 atom stereocenters. The fourth-order valence-electron chi connectivity index (χ4n) is 2.49. The molecule has 0 radical (unpaired) electrons. The van der Waals surface area contributed by atoms with E-state index in [0.717, 1.165) is 36.9 Å². The molecule has 0 bridgehead atoms. The first-order chi connectivity index (χ1) is 7.24. The first-order valence-electron chi connectivity index (χ1n) is 5.83. The van der Waals surface area contributed by atoms with Crippen LogP contribution in [0.25, 0.3) is 0 Å². The lowest BCUT2D eigenvalue weighted by Crippen LogP contribution is -2.14. The van der Waals surface area contributed by atoms with Crippen LogP contribution in [0.3, 0.4) is 0 Å². The van der Waals surface area contributed by atoms with Crippen LogP contribution in [0.4, 0.5) is 0 Å². The van der Waals surface area contributed by atoms with Crippen molar-refractivity contribution in [2.75, 3.05) is 0 Å². The van der Waals surface area contributed by atoms with Gasteiger partial charge in [-0.1, -0.05) is 12.1 Å². The molecule has 2 aliphatic carbocycles. The molecule has 0 aliphatic heterocycles. The molecule has 2 N–H and O–H groups in total. The molecule has 1 heterocycles. The SMILES string of the molecule is CC1CC1c1noc([C@@H]2CC[C@H](N)C2)n1. The zero-order valence-electron chi connectivity index (χ0n) is 9.02. The maximum atomic E-state index is 5.87. The van der Waals surface area contributed by atoms with Crippen LogP contribution in [0.1, 0.15) is 56.2 Å². The smallest absolute Gasteiger partial charge is 0.229 e. The second-order valence-corrected chi connectivity index (χ2v) is 5.08. The molecule has 2 unspecified atom stereocenters. The summed E-state index contributed by atoms with van der Waals surface area (Å²) in [5.74, 6) is 3.43. The molecule has 0 spiro atoms. The van der Waals surface area contributed by atoms with Gasteiger partial charge in [-0.15, -0.1) is 0 Å². The summed E-state index contributed by atoms with van der Waals surface area (Å²) in [5, 5.41) is 4.07. The maximum absolute atomic E-state index is 5.87. The highest BCUT2D eigenvalue weighted by Crippen LogP contribution is 2.46. The van der Waals surface area contributed by atoms with Crippen molar-refractivity contribution in [2.45, 2.75) is 50.5 Å². The van der Waals surface area contributed by atoms with Crippen LogP contribution in [-0.2, 0) is 0 Å². The van der Waals surface area contributed by atoms with Gasteiger partial charge in [0.2, 0.25) is 5.89 Å². The predicted molar refractivity (Wildman–Crippen MR) is 55.4 cm³/mol. The van der Waals surface area contributed by atoms with Crippen LogP contribution in [0.15, 0.2) is 4.52 Å². The number of nitrogens with two attached hydrogens (primary N) is 1. The Morgan fingerprint density at radius 3 is 2.73 bits per heavy atom. The minimum absolute atomic E-state index is 0.324. The van der Waals surface area contributed by atoms with E-state index < -0.39 is 0 Å². The number of rotatable bonds is 2. The molecule has 1 aromatic rings. The van der Waals surface area contributed by atoms with E-state index in [1.807, 2.05) is 0 Å². The molecule has 1 aromatic heterocycles. The van der Waals surface area contributed by atoms with Gasteiger partial charge in [-0.05, 0) is 31.6 Å². The summed E-state index contributed by atoms with van der Waals surface area (Å²) in [6.07, 6.45) is 4.40. The van der Waals surface area contributed by atoms with Gasteiger partial charge in [0.05, 0.1) is 0 Å². The largest absolute Gasteiger partial charge is 0.339 e. The van der Waals surface area contributed by atoms with Gasteiger partial charge in [-0.3, -0.25) is 0 Å². The van der Waals surface area contributed by atoms with E-state index >= 15 is 0 Å². The van der Waals surface area contributed by atoms with Crippen LogP contribution in [0.5, 0.6) is 0 Å². The normalized spacial score (nSPS) is 39.6. The number of hydrogen-bond acceptors (Lipinski definition) is 4. The molecule has 2 fully saturated rings. The van der Waals surface area contributed by atoms with Crippen molar-refractivity contribution in [1.29, 1.82) is 0 Å². The van der Waals surface area contributed by atoms with E-state index in [-0.39, 0.29) is 0 Å². The van der Waals surface area contributed by atoms with E-state index in [0.29, 0.717) is 17.9 Å². The molecule has 2 aliphatic rings. The Morgan fingerprint density at radius 2 is 2.13 bits per heavy atom. The Hall–Kier alpha value is -0.900. The minimum Gasteiger partial charge on any atom is -0.339 e. The average Bonchev–Trinajstić information content (AvgIpc) is 2.71. The topological polar surface area (TPSA) is 64.9 Å². The minimum atomic E-state index is 0.324. The highest BCUT2D eigenvalue weighted by molar-refractivity contribution is 5.09. The maximum Gasteiger partial charge on any atom is 0.229 e. The van der Waals surface area contributed by atoms with Gasteiger partial charge < -0.3 is 10.3 Å². The molecule has 3 rings (SSSR count). The van der Waals surface area contributed by atoms with E-state index in [2.05, 4.69) is 17.1 Å². The first-order valence-corrected chi connectivity index (χ1v) is 5.83. The molecule has 0 saturated heterocycles. The van der Waals surface area contributed by atoms with Crippen LogP contribution in [0, 0.1) is 5.92 Å². The fraction of sp³-hybridized carbons (Fsp3) is 0.818. The fourth-order valence-corrected chi connectivity index (χ4v) is 2.49. The highest BCUT2D eigenvalue weighted by atomic mass is 16.5. The van der Waals surface area contributed by atoms with Gasteiger partial charge in [0.25, 0.3) is 0 Å². The number of hydrogen-bond donors (Lipinski definition) is 1. The monoisotopic (exact) mass is 207 g/mol. The third-order valence-corrected chi connectivity index (χ3v) is 3.72.